The lowest BCUT2D eigenvalue weighted by atomic mass is 10.1. The minimum atomic E-state index is -1.28. The Hall–Kier alpha value is -2.50. The number of aromatic amines is 1. The van der Waals surface area contributed by atoms with E-state index in [0.29, 0.717) is 5.69 Å². The van der Waals surface area contributed by atoms with E-state index in [1.54, 1.807) is 26.0 Å². The normalized spacial score (nSPS) is 10.9. The summed E-state index contributed by atoms with van der Waals surface area (Å²) in [5.74, 6) is -1.52. The second kappa shape index (κ2) is 4.64. The Morgan fingerprint density at radius 1 is 1.32 bits per heavy atom. The van der Waals surface area contributed by atoms with Crippen molar-refractivity contribution in [2.45, 2.75) is 19.8 Å². The predicted octanol–water partition coefficient (Wildman–Crippen LogP) is 1.69. The Kier molecular flexibility index (Phi) is 3.16. The Morgan fingerprint density at radius 3 is 2.42 bits per heavy atom. The number of rotatable bonds is 3. The van der Waals surface area contributed by atoms with Gasteiger partial charge in [0, 0.05) is 0 Å². The number of phenols is 1. The molecule has 2 aromatic rings. The fraction of sp³-hybridized carbons (Fsp3) is 0.231. The maximum absolute atomic E-state index is 12.1. The van der Waals surface area contributed by atoms with Gasteiger partial charge in [-0.25, -0.2) is 9.48 Å². The van der Waals surface area contributed by atoms with Crippen molar-refractivity contribution >= 4 is 5.97 Å². The van der Waals surface area contributed by atoms with Crippen LogP contribution in [0.25, 0.3) is 5.69 Å². The van der Waals surface area contributed by atoms with E-state index in [9.17, 15) is 14.7 Å². The molecule has 6 heteroatoms. The number of benzene rings is 1. The maximum atomic E-state index is 12.1. The van der Waals surface area contributed by atoms with Crippen molar-refractivity contribution in [2.75, 3.05) is 0 Å². The molecular weight excluding hydrogens is 248 g/mol. The van der Waals surface area contributed by atoms with Crippen molar-refractivity contribution < 1.29 is 15.0 Å². The van der Waals surface area contributed by atoms with Gasteiger partial charge in [-0.05, 0) is 18.1 Å². The second-order valence-corrected chi connectivity index (χ2v) is 4.49. The molecule has 0 bridgehead atoms. The summed E-state index contributed by atoms with van der Waals surface area (Å²) in [6, 6.07) is 6.23. The van der Waals surface area contributed by atoms with Crippen molar-refractivity contribution in [2.24, 2.45) is 0 Å². The molecule has 6 nitrogen and oxygen atoms in total. The van der Waals surface area contributed by atoms with Gasteiger partial charge in [0.1, 0.15) is 17.0 Å². The minimum Gasteiger partial charge on any atom is -0.506 e. The molecule has 0 unspecified atom stereocenters. The molecule has 100 valence electrons. The van der Waals surface area contributed by atoms with Crippen LogP contribution >= 0.6 is 0 Å². The fourth-order valence-corrected chi connectivity index (χ4v) is 1.90. The van der Waals surface area contributed by atoms with Crippen LogP contribution in [-0.2, 0) is 0 Å². The zero-order chi connectivity index (χ0) is 14.2. The highest BCUT2D eigenvalue weighted by molar-refractivity contribution is 5.88. The zero-order valence-electron chi connectivity index (χ0n) is 10.5. The zero-order valence-corrected chi connectivity index (χ0v) is 10.5. The molecule has 0 amide bonds. The van der Waals surface area contributed by atoms with Crippen molar-refractivity contribution in [3.63, 3.8) is 0 Å². The number of aromatic carboxylic acids is 1. The number of carboxylic acids is 1. The number of hydrogen-bond donors (Lipinski definition) is 3. The topological polar surface area (TPSA) is 95.3 Å². The van der Waals surface area contributed by atoms with Gasteiger partial charge in [-0.3, -0.25) is 9.89 Å². The molecule has 2 rings (SSSR count). The Bertz CT molecular complexity index is 682. The first-order chi connectivity index (χ1) is 8.93. The summed E-state index contributed by atoms with van der Waals surface area (Å²) in [6.07, 6.45) is 0. The van der Waals surface area contributed by atoms with Gasteiger partial charge in [-0.1, -0.05) is 26.0 Å². The van der Waals surface area contributed by atoms with Crippen molar-refractivity contribution in [1.82, 2.24) is 9.78 Å². The van der Waals surface area contributed by atoms with E-state index in [2.05, 4.69) is 5.10 Å². The van der Waals surface area contributed by atoms with E-state index in [1.165, 1.54) is 12.1 Å². The SMILES string of the molecule is CC(C)c1[nH]n(-c2ccccc2O)c(=O)c1C(=O)O. The molecule has 0 fully saturated rings. The third kappa shape index (κ3) is 2.12. The van der Waals surface area contributed by atoms with Gasteiger partial charge in [0.2, 0.25) is 0 Å². The number of aromatic hydroxyl groups is 1. The van der Waals surface area contributed by atoms with Gasteiger partial charge < -0.3 is 10.2 Å². The molecule has 0 radical (unpaired) electrons. The number of nitrogens with zero attached hydrogens (tertiary/aromatic N) is 1. The van der Waals surface area contributed by atoms with Gasteiger partial charge in [0.15, 0.2) is 0 Å². The standard InChI is InChI=1S/C13H14N2O4/c1-7(2)11-10(13(18)19)12(17)15(14-11)8-5-3-4-6-9(8)16/h3-7,14,16H,1-2H3,(H,18,19). The summed E-state index contributed by atoms with van der Waals surface area (Å²) in [5, 5.41) is 21.6. The van der Waals surface area contributed by atoms with Crippen LogP contribution in [0.5, 0.6) is 5.75 Å². The lowest BCUT2D eigenvalue weighted by Crippen LogP contribution is -2.20. The molecule has 3 N–H and O–H groups in total. The van der Waals surface area contributed by atoms with Crippen molar-refractivity contribution in [1.29, 1.82) is 0 Å². The summed E-state index contributed by atoms with van der Waals surface area (Å²) in [6.45, 7) is 3.57. The number of carbonyl (C=O) groups is 1. The van der Waals surface area contributed by atoms with Crippen LogP contribution in [0.15, 0.2) is 29.1 Å². The molecule has 0 aliphatic heterocycles. The molecule has 0 saturated heterocycles. The molecule has 0 aliphatic carbocycles. The smallest absolute Gasteiger partial charge is 0.343 e. The Morgan fingerprint density at radius 2 is 1.95 bits per heavy atom. The molecule has 0 saturated carbocycles. The van der Waals surface area contributed by atoms with Crippen LogP contribution in [0.3, 0.4) is 0 Å². The number of phenolic OH excluding ortho intramolecular Hbond substituents is 1. The monoisotopic (exact) mass is 262 g/mol. The van der Waals surface area contributed by atoms with Crippen LogP contribution < -0.4 is 5.56 Å². The highest BCUT2D eigenvalue weighted by atomic mass is 16.4. The summed E-state index contributed by atoms with van der Waals surface area (Å²) in [5.41, 5.74) is -0.418. The van der Waals surface area contributed by atoms with Crippen molar-refractivity contribution in [3.8, 4) is 11.4 Å². The lowest BCUT2D eigenvalue weighted by Gasteiger charge is -2.05. The van der Waals surface area contributed by atoms with Crippen LogP contribution in [0.2, 0.25) is 0 Å². The summed E-state index contributed by atoms with van der Waals surface area (Å²) < 4.78 is 1.05. The van der Waals surface area contributed by atoms with Gasteiger partial charge in [0.05, 0.1) is 5.69 Å². The fourth-order valence-electron chi connectivity index (χ4n) is 1.90. The average Bonchev–Trinajstić information content (AvgIpc) is 2.68. The third-order valence-electron chi connectivity index (χ3n) is 2.83. The molecule has 0 spiro atoms. The second-order valence-electron chi connectivity index (χ2n) is 4.49. The quantitative estimate of drug-likeness (QED) is 0.784. The average molecular weight is 262 g/mol. The van der Waals surface area contributed by atoms with Gasteiger partial charge in [0.25, 0.3) is 5.56 Å². The van der Waals surface area contributed by atoms with Crippen molar-refractivity contribution in [3.05, 3.63) is 45.9 Å². The minimum absolute atomic E-state index is 0.0990. The van der Waals surface area contributed by atoms with Gasteiger partial charge >= 0.3 is 5.97 Å². The lowest BCUT2D eigenvalue weighted by molar-refractivity contribution is 0.0694. The molecule has 0 atom stereocenters. The van der Waals surface area contributed by atoms with Crippen LogP contribution in [0, 0.1) is 0 Å². The summed E-state index contributed by atoms with van der Waals surface area (Å²) in [7, 11) is 0. The Labute approximate surface area is 108 Å². The number of aromatic nitrogens is 2. The first-order valence-electron chi connectivity index (χ1n) is 5.80. The predicted molar refractivity (Wildman–Crippen MR) is 69.1 cm³/mol. The van der Waals surface area contributed by atoms with E-state index in [-0.39, 0.29) is 22.9 Å². The number of carboxylic acid groups (broad SMARTS) is 1. The van der Waals surface area contributed by atoms with E-state index in [1.807, 2.05) is 0 Å². The third-order valence-corrected chi connectivity index (χ3v) is 2.83. The van der Waals surface area contributed by atoms with E-state index < -0.39 is 11.5 Å². The molecule has 0 aliphatic rings. The van der Waals surface area contributed by atoms with E-state index >= 15 is 0 Å². The number of hydrogen-bond acceptors (Lipinski definition) is 3. The summed E-state index contributed by atoms with van der Waals surface area (Å²) >= 11 is 0. The maximum Gasteiger partial charge on any atom is 0.343 e. The Balaban J connectivity index is 2.74. The number of nitrogens with one attached hydrogen (secondary N) is 1. The molecular formula is C13H14N2O4. The van der Waals surface area contributed by atoms with E-state index in [4.69, 9.17) is 5.11 Å². The van der Waals surface area contributed by atoms with Gasteiger partial charge in [-0.2, -0.15) is 0 Å². The van der Waals surface area contributed by atoms with Crippen LogP contribution in [0.4, 0.5) is 0 Å². The molecule has 1 aromatic heterocycles. The molecule has 1 aromatic carbocycles. The van der Waals surface area contributed by atoms with E-state index in [0.717, 1.165) is 4.68 Å². The first-order valence-corrected chi connectivity index (χ1v) is 5.80. The highest BCUT2D eigenvalue weighted by Gasteiger charge is 2.23. The van der Waals surface area contributed by atoms with Gasteiger partial charge in [-0.15, -0.1) is 0 Å². The summed E-state index contributed by atoms with van der Waals surface area (Å²) in [4.78, 5) is 23.3. The largest absolute Gasteiger partial charge is 0.506 e. The first kappa shape index (κ1) is 12.9. The number of para-hydroxylation sites is 2. The highest BCUT2D eigenvalue weighted by Crippen LogP contribution is 2.21. The van der Waals surface area contributed by atoms with Crippen LogP contribution in [0.1, 0.15) is 35.8 Å². The number of H-pyrrole nitrogens is 1. The molecule has 19 heavy (non-hydrogen) atoms. The van der Waals surface area contributed by atoms with Crippen LogP contribution in [-0.4, -0.2) is 26.0 Å². The molecule has 1 heterocycles.